The highest BCUT2D eigenvalue weighted by molar-refractivity contribution is 5.95. The molecular formula is C12H9NO3. The van der Waals surface area contributed by atoms with Gasteiger partial charge in [-0.1, -0.05) is 24.3 Å². The highest BCUT2D eigenvalue weighted by Crippen LogP contribution is 2.20. The first-order chi connectivity index (χ1) is 7.68. The number of aromatic amines is 1. The van der Waals surface area contributed by atoms with Crippen LogP contribution < -0.4 is 5.56 Å². The van der Waals surface area contributed by atoms with E-state index < -0.39 is 5.97 Å². The van der Waals surface area contributed by atoms with Crippen molar-refractivity contribution in [3.05, 3.63) is 58.4 Å². The Morgan fingerprint density at radius 3 is 2.50 bits per heavy atom. The number of aromatic nitrogens is 1. The van der Waals surface area contributed by atoms with Gasteiger partial charge in [-0.25, -0.2) is 4.79 Å². The van der Waals surface area contributed by atoms with E-state index in [1.54, 1.807) is 30.3 Å². The zero-order chi connectivity index (χ0) is 11.5. The maximum atomic E-state index is 11.1. The number of benzene rings is 1. The molecule has 1 aromatic heterocycles. The van der Waals surface area contributed by atoms with Crippen molar-refractivity contribution in [3.63, 3.8) is 0 Å². The minimum atomic E-state index is -1.01. The molecule has 0 amide bonds. The monoisotopic (exact) mass is 215 g/mol. The van der Waals surface area contributed by atoms with E-state index >= 15 is 0 Å². The summed E-state index contributed by atoms with van der Waals surface area (Å²) in [7, 11) is 0. The summed E-state index contributed by atoms with van der Waals surface area (Å²) in [6.45, 7) is 0. The van der Waals surface area contributed by atoms with Crippen LogP contribution in [0, 0.1) is 0 Å². The summed E-state index contributed by atoms with van der Waals surface area (Å²) in [5.74, 6) is -1.01. The van der Waals surface area contributed by atoms with Gasteiger partial charge >= 0.3 is 5.97 Å². The Labute approximate surface area is 91.2 Å². The van der Waals surface area contributed by atoms with Crippen LogP contribution in [0.4, 0.5) is 0 Å². The number of hydrogen-bond donors (Lipinski definition) is 2. The molecule has 0 radical (unpaired) electrons. The SMILES string of the molecule is O=C(O)c1ccccc1-c1cccc(=O)[nH]1. The number of rotatable bonds is 2. The zero-order valence-corrected chi connectivity index (χ0v) is 8.31. The van der Waals surface area contributed by atoms with E-state index in [-0.39, 0.29) is 11.1 Å². The van der Waals surface area contributed by atoms with E-state index in [9.17, 15) is 9.59 Å². The van der Waals surface area contributed by atoms with Gasteiger partial charge in [-0.3, -0.25) is 4.79 Å². The molecule has 0 bridgehead atoms. The number of carboxylic acid groups (broad SMARTS) is 1. The molecule has 0 fully saturated rings. The summed E-state index contributed by atoms with van der Waals surface area (Å²) < 4.78 is 0. The Balaban J connectivity index is 2.64. The molecule has 0 unspecified atom stereocenters. The van der Waals surface area contributed by atoms with Crippen molar-refractivity contribution >= 4 is 5.97 Å². The minimum Gasteiger partial charge on any atom is -0.478 e. The lowest BCUT2D eigenvalue weighted by molar-refractivity contribution is 0.0697. The van der Waals surface area contributed by atoms with Crippen LogP contribution in [0.2, 0.25) is 0 Å². The standard InChI is InChI=1S/C12H9NO3/c14-11-7-3-6-10(13-11)8-4-1-2-5-9(8)12(15)16/h1-7H,(H,13,14)(H,15,16). The number of carbonyl (C=O) groups is 1. The molecule has 0 atom stereocenters. The molecule has 1 aromatic carbocycles. The van der Waals surface area contributed by atoms with Crippen LogP contribution in [0.25, 0.3) is 11.3 Å². The van der Waals surface area contributed by atoms with Crippen molar-refractivity contribution in [2.24, 2.45) is 0 Å². The number of aromatic carboxylic acids is 1. The van der Waals surface area contributed by atoms with E-state index in [4.69, 9.17) is 5.11 Å². The molecule has 80 valence electrons. The Kier molecular flexibility index (Phi) is 2.55. The number of H-pyrrole nitrogens is 1. The first-order valence-electron chi connectivity index (χ1n) is 4.70. The number of carboxylic acids is 1. The van der Waals surface area contributed by atoms with E-state index in [0.717, 1.165) is 0 Å². The van der Waals surface area contributed by atoms with Crippen molar-refractivity contribution in [3.8, 4) is 11.3 Å². The third kappa shape index (κ3) is 1.86. The van der Waals surface area contributed by atoms with Crippen molar-refractivity contribution in [2.75, 3.05) is 0 Å². The van der Waals surface area contributed by atoms with Crippen molar-refractivity contribution in [2.45, 2.75) is 0 Å². The summed E-state index contributed by atoms with van der Waals surface area (Å²) in [4.78, 5) is 24.7. The quantitative estimate of drug-likeness (QED) is 0.801. The fraction of sp³-hybridized carbons (Fsp3) is 0. The van der Waals surface area contributed by atoms with Crippen LogP contribution in [0.1, 0.15) is 10.4 Å². The molecule has 2 aromatic rings. The van der Waals surface area contributed by atoms with Gasteiger partial charge in [0, 0.05) is 17.3 Å². The second-order valence-corrected chi connectivity index (χ2v) is 3.28. The number of nitrogens with one attached hydrogen (secondary N) is 1. The van der Waals surface area contributed by atoms with Crippen molar-refractivity contribution in [1.82, 2.24) is 4.98 Å². The van der Waals surface area contributed by atoms with Gasteiger partial charge in [-0.15, -0.1) is 0 Å². The van der Waals surface area contributed by atoms with Gasteiger partial charge in [0.05, 0.1) is 5.56 Å². The van der Waals surface area contributed by atoms with Gasteiger partial charge in [0.15, 0.2) is 0 Å². The predicted molar refractivity (Wildman–Crippen MR) is 59.5 cm³/mol. The van der Waals surface area contributed by atoms with Gasteiger partial charge in [0.1, 0.15) is 0 Å². The third-order valence-electron chi connectivity index (χ3n) is 2.22. The Morgan fingerprint density at radius 1 is 1.06 bits per heavy atom. The van der Waals surface area contributed by atoms with Crippen molar-refractivity contribution in [1.29, 1.82) is 0 Å². The second-order valence-electron chi connectivity index (χ2n) is 3.28. The Hall–Kier alpha value is -2.36. The Morgan fingerprint density at radius 2 is 1.81 bits per heavy atom. The molecule has 1 heterocycles. The van der Waals surface area contributed by atoms with Crippen LogP contribution in [-0.2, 0) is 0 Å². The fourth-order valence-corrected chi connectivity index (χ4v) is 1.51. The summed E-state index contributed by atoms with van der Waals surface area (Å²) >= 11 is 0. The average Bonchev–Trinajstić information content (AvgIpc) is 2.29. The zero-order valence-electron chi connectivity index (χ0n) is 8.31. The highest BCUT2D eigenvalue weighted by atomic mass is 16.4. The molecule has 0 spiro atoms. The van der Waals surface area contributed by atoms with Gasteiger partial charge < -0.3 is 10.1 Å². The Bertz CT molecular complexity index is 587. The lowest BCUT2D eigenvalue weighted by Gasteiger charge is -2.04. The van der Waals surface area contributed by atoms with Crippen LogP contribution in [0.3, 0.4) is 0 Å². The molecule has 2 rings (SSSR count). The predicted octanol–water partition coefficient (Wildman–Crippen LogP) is 1.74. The lowest BCUT2D eigenvalue weighted by Crippen LogP contribution is -2.06. The number of pyridine rings is 1. The topological polar surface area (TPSA) is 70.2 Å². The molecule has 0 aliphatic rings. The largest absolute Gasteiger partial charge is 0.478 e. The van der Waals surface area contributed by atoms with Crippen LogP contribution in [-0.4, -0.2) is 16.1 Å². The molecule has 4 heteroatoms. The van der Waals surface area contributed by atoms with Crippen LogP contribution in [0.5, 0.6) is 0 Å². The fourth-order valence-electron chi connectivity index (χ4n) is 1.51. The molecule has 0 aliphatic heterocycles. The lowest BCUT2D eigenvalue weighted by atomic mass is 10.0. The molecule has 2 N–H and O–H groups in total. The maximum absolute atomic E-state index is 11.1. The summed E-state index contributed by atoms with van der Waals surface area (Å²) in [5, 5.41) is 9.00. The van der Waals surface area contributed by atoms with Crippen molar-refractivity contribution < 1.29 is 9.90 Å². The van der Waals surface area contributed by atoms with Gasteiger partial charge in [0.25, 0.3) is 0 Å². The summed E-state index contributed by atoms with van der Waals surface area (Å²) in [6.07, 6.45) is 0. The smallest absolute Gasteiger partial charge is 0.336 e. The molecule has 16 heavy (non-hydrogen) atoms. The van der Waals surface area contributed by atoms with Crippen LogP contribution >= 0.6 is 0 Å². The second kappa shape index (κ2) is 4.02. The average molecular weight is 215 g/mol. The maximum Gasteiger partial charge on any atom is 0.336 e. The van der Waals surface area contributed by atoms with Crippen LogP contribution in [0.15, 0.2) is 47.3 Å². The van der Waals surface area contributed by atoms with E-state index in [1.165, 1.54) is 12.1 Å². The van der Waals surface area contributed by atoms with E-state index in [2.05, 4.69) is 4.98 Å². The van der Waals surface area contributed by atoms with Gasteiger partial charge in [0.2, 0.25) is 5.56 Å². The van der Waals surface area contributed by atoms with E-state index in [1.807, 2.05) is 0 Å². The van der Waals surface area contributed by atoms with Gasteiger partial charge in [-0.2, -0.15) is 0 Å². The molecular weight excluding hydrogens is 206 g/mol. The first kappa shape index (κ1) is 10.2. The normalized spacial score (nSPS) is 10.0. The first-order valence-corrected chi connectivity index (χ1v) is 4.70. The molecule has 0 aliphatic carbocycles. The summed E-state index contributed by atoms with van der Waals surface area (Å²) in [6, 6.07) is 11.2. The molecule has 4 nitrogen and oxygen atoms in total. The highest BCUT2D eigenvalue weighted by Gasteiger charge is 2.10. The minimum absolute atomic E-state index is 0.171. The number of hydrogen-bond acceptors (Lipinski definition) is 2. The van der Waals surface area contributed by atoms with Gasteiger partial charge in [-0.05, 0) is 12.1 Å². The third-order valence-corrected chi connectivity index (χ3v) is 2.22. The summed E-state index contributed by atoms with van der Waals surface area (Å²) in [5.41, 5.74) is 0.931. The van der Waals surface area contributed by atoms with E-state index in [0.29, 0.717) is 11.3 Å². The molecule has 0 saturated heterocycles. The molecule has 0 saturated carbocycles.